The van der Waals surface area contributed by atoms with Crippen molar-refractivity contribution in [2.24, 2.45) is 16.3 Å². The van der Waals surface area contributed by atoms with E-state index in [4.69, 9.17) is 9.73 Å². The summed E-state index contributed by atoms with van der Waals surface area (Å²) in [7, 11) is 0. The van der Waals surface area contributed by atoms with Gasteiger partial charge in [-0.3, -0.25) is 9.89 Å². The van der Waals surface area contributed by atoms with Gasteiger partial charge in [0.1, 0.15) is 0 Å². The Bertz CT molecular complexity index is 439. The highest BCUT2D eigenvalue weighted by molar-refractivity contribution is 5.80. The number of aliphatic imine (C=N–C) groups is 1. The molecule has 0 amide bonds. The van der Waals surface area contributed by atoms with Gasteiger partial charge in [0.2, 0.25) is 0 Å². The van der Waals surface area contributed by atoms with E-state index in [-0.39, 0.29) is 0 Å². The van der Waals surface area contributed by atoms with E-state index >= 15 is 0 Å². The first kappa shape index (κ1) is 19.0. The molecule has 3 heterocycles. The summed E-state index contributed by atoms with van der Waals surface area (Å²) in [6.07, 6.45) is 6.42. The van der Waals surface area contributed by atoms with E-state index in [1.807, 2.05) is 0 Å². The highest BCUT2D eigenvalue weighted by Crippen LogP contribution is 2.38. The van der Waals surface area contributed by atoms with E-state index in [0.29, 0.717) is 11.5 Å². The SMILES string of the molecule is CCNC(=NCC(CC(C)C)N1CCCC1)N1CCC2(CCOC2)C1. The highest BCUT2D eigenvalue weighted by atomic mass is 16.5. The Balaban J connectivity index is 1.63. The molecule has 2 atom stereocenters. The lowest BCUT2D eigenvalue weighted by molar-refractivity contribution is 0.156. The second kappa shape index (κ2) is 8.72. The lowest BCUT2D eigenvalue weighted by Crippen LogP contribution is -2.43. The smallest absolute Gasteiger partial charge is 0.193 e. The zero-order valence-corrected chi connectivity index (χ0v) is 16.6. The minimum atomic E-state index is 0.391. The maximum absolute atomic E-state index is 5.69. The molecule has 0 bridgehead atoms. The Kier molecular flexibility index (Phi) is 6.61. The van der Waals surface area contributed by atoms with Crippen molar-refractivity contribution in [2.45, 2.75) is 58.9 Å². The summed E-state index contributed by atoms with van der Waals surface area (Å²) in [5, 5.41) is 3.55. The number of hydrogen-bond acceptors (Lipinski definition) is 3. The molecule has 144 valence electrons. The molecule has 2 unspecified atom stereocenters. The van der Waals surface area contributed by atoms with Crippen molar-refractivity contribution in [2.75, 3.05) is 52.5 Å². The van der Waals surface area contributed by atoms with Gasteiger partial charge >= 0.3 is 0 Å². The van der Waals surface area contributed by atoms with Gasteiger partial charge in [-0.1, -0.05) is 13.8 Å². The van der Waals surface area contributed by atoms with Gasteiger partial charge in [-0.2, -0.15) is 0 Å². The molecule has 0 saturated carbocycles. The molecular weight excluding hydrogens is 312 g/mol. The van der Waals surface area contributed by atoms with Crippen LogP contribution >= 0.6 is 0 Å². The Morgan fingerprint density at radius 2 is 2.00 bits per heavy atom. The summed E-state index contributed by atoms with van der Waals surface area (Å²) < 4.78 is 5.69. The summed E-state index contributed by atoms with van der Waals surface area (Å²) in [5.41, 5.74) is 0.391. The average molecular weight is 351 g/mol. The van der Waals surface area contributed by atoms with Gasteiger partial charge in [0.25, 0.3) is 0 Å². The van der Waals surface area contributed by atoms with E-state index in [1.54, 1.807) is 0 Å². The van der Waals surface area contributed by atoms with Crippen LogP contribution in [0.5, 0.6) is 0 Å². The fraction of sp³-hybridized carbons (Fsp3) is 0.950. The average Bonchev–Trinajstić information content (AvgIpc) is 3.33. The largest absolute Gasteiger partial charge is 0.381 e. The quantitative estimate of drug-likeness (QED) is 0.590. The van der Waals surface area contributed by atoms with Crippen molar-refractivity contribution < 1.29 is 4.74 Å². The molecule has 1 spiro atoms. The first-order valence-electron chi connectivity index (χ1n) is 10.5. The molecule has 3 aliphatic rings. The summed E-state index contributed by atoms with van der Waals surface area (Å²) in [4.78, 5) is 10.2. The molecule has 3 saturated heterocycles. The van der Waals surface area contributed by atoms with Crippen molar-refractivity contribution >= 4 is 5.96 Å². The van der Waals surface area contributed by atoms with E-state index < -0.39 is 0 Å². The maximum Gasteiger partial charge on any atom is 0.193 e. The summed E-state index contributed by atoms with van der Waals surface area (Å²) in [6, 6.07) is 0.600. The van der Waals surface area contributed by atoms with Gasteiger partial charge in [-0.25, -0.2) is 0 Å². The Morgan fingerprint density at radius 3 is 2.64 bits per heavy atom. The van der Waals surface area contributed by atoms with Crippen LogP contribution in [0.25, 0.3) is 0 Å². The van der Waals surface area contributed by atoms with Crippen LogP contribution in [-0.2, 0) is 4.74 Å². The van der Waals surface area contributed by atoms with Gasteiger partial charge in [-0.15, -0.1) is 0 Å². The van der Waals surface area contributed by atoms with Crippen molar-refractivity contribution in [1.82, 2.24) is 15.1 Å². The minimum Gasteiger partial charge on any atom is -0.381 e. The number of nitrogens with one attached hydrogen (secondary N) is 1. The van der Waals surface area contributed by atoms with Crippen molar-refractivity contribution in [3.8, 4) is 0 Å². The van der Waals surface area contributed by atoms with Crippen molar-refractivity contribution in [3.63, 3.8) is 0 Å². The third-order valence-corrected chi connectivity index (χ3v) is 6.11. The number of rotatable bonds is 6. The fourth-order valence-corrected chi connectivity index (χ4v) is 4.69. The predicted octanol–water partition coefficient (Wildman–Crippen LogP) is 2.57. The number of nitrogens with zero attached hydrogens (tertiary/aromatic N) is 3. The molecule has 1 N–H and O–H groups in total. The van der Waals surface area contributed by atoms with Crippen LogP contribution in [-0.4, -0.2) is 74.3 Å². The Hall–Kier alpha value is -0.810. The molecule has 0 aromatic heterocycles. The zero-order chi connectivity index (χ0) is 17.7. The third-order valence-electron chi connectivity index (χ3n) is 6.11. The van der Waals surface area contributed by atoms with Crippen LogP contribution in [0.15, 0.2) is 4.99 Å². The van der Waals surface area contributed by atoms with E-state index in [9.17, 15) is 0 Å². The van der Waals surface area contributed by atoms with Gasteiger partial charge in [0, 0.05) is 37.7 Å². The summed E-state index contributed by atoms with van der Waals surface area (Å²) in [6.45, 7) is 15.3. The summed E-state index contributed by atoms with van der Waals surface area (Å²) in [5.74, 6) is 1.85. The minimum absolute atomic E-state index is 0.391. The van der Waals surface area contributed by atoms with Crippen LogP contribution < -0.4 is 5.32 Å². The number of hydrogen-bond donors (Lipinski definition) is 1. The normalized spacial score (nSPS) is 29.3. The maximum atomic E-state index is 5.69. The molecule has 0 aromatic rings. The fourth-order valence-electron chi connectivity index (χ4n) is 4.69. The molecule has 0 aromatic carbocycles. The lowest BCUT2D eigenvalue weighted by Gasteiger charge is -2.29. The van der Waals surface area contributed by atoms with Crippen molar-refractivity contribution in [3.05, 3.63) is 0 Å². The van der Waals surface area contributed by atoms with Crippen LogP contribution in [0.1, 0.15) is 52.9 Å². The van der Waals surface area contributed by atoms with Crippen LogP contribution in [0.2, 0.25) is 0 Å². The second-order valence-electron chi connectivity index (χ2n) is 8.70. The lowest BCUT2D eigenvalue weighted by atomic mass is 9.87. The van der Waals surface area contributed by atoms with Crippen LogP contribution in [0.4, 0.5) is 0 Å². The monoisotopic (exact) mass is 350 g/mol. The molecule has 3 fully saturated rings. The molecule has 5 nitrogen and oxygen atoms in total. The molecule has 3 aliphatic heterocycles. The van der Waals surface area contributed by atoms with E-state index in [2.05, 4.69) is 35.9 Å². The van der Waals surface area contributed by atoms with E-state index in [0.717, 1.165) is 51.3 Å². The van der Waals surface area contributed by atoms with E-state index in [1.165, 1.54) is 45.2 Å². The topological polar surface area (TPSA) is 40.1 Å². The Morgan fingerprint density at radius 1 is 1.20 bits per heavy atom. The highest BCUT2D eigenvalue weighted by Gasteiger charge is 2.42. The number of likely N-dealkylation sites (tertiary alicyclic amines) is 2. The molecular formula is C20H38N4O. The standard InChI is InChI=1S/C20H38N4O/c1-4-21-19(24-11-7-20(15-24)8-12-25-16-20)22-14-18(13-17(2)3)23-9-5-6-10-23/h17-18H,4-16H2,1-3H3,(H,21,22). The molecule has 0 aliphatic carbocycles. The Labute approximate surface area is 154 Å². The number of guanidine groups is 1. The zero-order valence-electron chi connectivity index (χ0n) is 16.6. The van der Waals surface area contributed by atoms with Gasteiger partial charge in [-0.05, 0) is 58.0 Å². The summed E-state index contributed by atoms with van der Waals surface area (Å²) >= 11 is 0. The van der Waals surface area contributed by atoms with Gasteiger partial charge in [0.15, 0.2) is 5.96 Å². The third kappa shape index (κ3) is 4.88. The first-order chi connectivity index (χ1) is 12.1. The van der Waals surface area contributed by atoms with Crippen LogP contribution in [0, 0.1) is 11.3 Å². The first-order valence-corrected chi connectivity index (χ1v) is 10.5. The molecule has 0 radical (unpaired) electrons. The number of ether oxygens (including phenoxy) is 1. The van der Waals surface area contributed by atoms with Gasteiger partial charge in [0.05, 0.1) is 13.2 Å². The van der Waals surface area contributed by atoms with Crippen molar-refractivity contribution in [1.29, 1.82) is 0 Å². The molecule has 3 rings (SSSR count). The molecule has 5 heteroatoms. The second-order valence-corrected chi connectivity index (χ2v) is 8.70. The predicted molar refractivity (Wildman–Crippen MR) is 104 cm³/mol. The van der Waals surface area contributed by atoms with Crippen LogP contribution in [0.3, 0.4) is 0 Å². The molecule has 25 heavy (non-hydrogen) atoms. The van der Waals surface area contributed by atoms with Gasteiger partial charge < -0.3 is 15.0 Å².